The van der Waals surface area contributed by atoms with Crippen LogP contribution in [0.15, 0.2) is 54.6 Å². The van der Waals surface area contributed by atoms with Gasteiger partial charge in [0.15, 0.2) is 0 Å². The Balaban J connectivity index is 1.72. The van der Waals surface area contributed by atoms with Gasteiger partial charge in [-0.2, -0.15) is 0 Å². The molecule has 0 fully saturated rings. The molecule has 0 bridgehead atoms. The maximum absolute atomic E-state index is 13.7. The van der Waals surface area contributed by atoms with Crippen LogP contribution in [-0.2, 0) is 22.4 Å². The third-order valence-corrected chi connectivity index (χ3v) is 4.24. The maximum atomic E-state index is 13.7. The zero-order valence-electron chi connectivity index (χ0n) is 15.1. The zero-order chi connectivity index (χ0) is 18.8. The van der Waals surface area contributed by atoms with Crippen LogP contribution >= 0.6 is 0 Å². The van der Waals surface area contributed by atoms with Gasteiger partial charge in [-0.1, -0.05) is 48.5 Å². The predicted octanol–water partition coefficient (Wildman–Crippen LogP) is 2.97. The number of benzene rings is 2. The van der Waals surface area contributed by atoms with Crippen LogP contribution < -0.4 is 5.32 Å². The average Bonchev–Trinajstić information content (AvgIpc) is 2.63. The summed E-state index contributed by atoms with van der Waals surface area (Å²) in [7, 11) is 0. The molecule has 0 aliphatic carbocycles. The van der Waals surface area contributed by atoms with Crippen LogP contribution in [-0.4, -0.2) is 36.3 Å². The Kier molecular flexibility index (Phi) is 7.80. The molecule has 0 saturated carbocycles. The summed E-state index contributed by atoms with van der Waals surface area (Å²) in [4.78, 5) is 25.3. The third kappa shape index (κ3) is 6.67. The number of carbonyl (C=O) groups excluding carboxylic acids is 2. The second-order valence-electron chi connectivity index (χ2n) is 6.18. The van der Waals surface area contributed by atoms with E-state index in [0.717, 1.165) is 6.42 Å². The number of carbonyl (C=O) groups is 2. The fourth-order valence-electron chi connectivity index (χ4n) is 2.70. The molecule has 0 spiro atoms. The number of hydrogen-bond acceptors (Lipinski definition) is 2. The van der Waals surface area contributed by atoms with Crippen molar-refractivity contribution in [1.29, 1.82) is 0 Å². The van der Waals surface area contributed by atoms with Crippen molar-refractivity contribution in [2.24, 2.45) is 0 Å². The largest absolute Gasteiger partial charge is 0.356 e. The van der Waals surface area contributed by atoms with Gasteiger partial charge in [-0.15, -0.1) is 0 Å². The molecule has 0 atom stereocenters. The first-order valence-corrected chi connectivity index (χ1v) is 8.86. The minimum absolute atomic E-state index is 0.0851. The van der Waals surface area contributed by atoms with Crippen LogP contribution in [0.25, 0.3) is 0 Å². The molecular weight excluding hydrogens is 331 g/mol. The molecule has 0 saturated heterocycles. The van der Waals surface area contributed by atoms with Crippen LogP contribution in [0.1, 0.15) is 24.5 Å². The zero-order valence-corrected chi connectivity index (χ0v) is 15.1. The van der Waals surface area contributed by atoms with Crippen LogP contribution in [0.4, 0.5) is 4.39 Å². The molecule has 0 unspecified atom stereocenters. The first-order valence-electron chi connectivity index (χ1n) is 8.86. The van der Waals surface area contributed by atoms with E-state index in [-0.39, 0.29) is 24.1 Å². The molecule has 2 aromatic rings. The van der Waals surface area contributed by atoms with Crippen molar-refractivity contribution >= 4 is 11.8 Å². The summed E-state index contributed by atoms with van der Waals surface area (Å²) in [6, 6.07) is 16.5. The van der Waals surface area contributed by atoms with Gasteiger partial charge >= 0.3 is 0 Å². The molecule has 0 aromatic heterocycles. The predicted molar refractivity (Wildman–Crippen MR) is 100 cm³/mol. The molecule has 2 aromatic carbocycles. The minimum atomic E-state index is -0.269. The monoisotopic (exact) mass is 356 g/mol. The molecule has 0 aliphatic rings. The third-order valence-electron chi connectivity index (χ3n) is 4.24. The van der Waals surface area contributed by atoms with Gasteiger partial charge in [-0.25, -0.2) is 4.39 Å². The van der Waals surface area contributed by atoms with E-state index < -0.39 is 0 Å². The van der Waals surface area contributed by atoms with Crippen molar-refractivity contribution in [1.82, 2.24) is 10.2 Å². The van der Waals surface area contributed by atoms with Gasteiger partial charge in [0.25, 0.3) is 0 Å². The molecule has 2 amide bonds. The van der Waals surface area contributed by atoms with E-state index in [1.807, 2.05) is 30.3 Å². The van der Waals surface area contributed by atoms with Crippen LogP contribution in [0, 0.1) is 5.82 Å². The summed E-state index contributed by atoms with van der Waals surface area (Å²) >= 11 is 0. The Labute approximate surface area is 154 Å². The lowest BCUT2D eigenvalue weighted by Gasteiger charge is -2.21. The van der Waals surface area contributed by atoms with E-state index in [1.54, 1.807) is 23.1 Å². The summed E-state index contributed by atoms with van der Waals surface area (Å²) < 4.78 is 13.7. The molecule has 0 aliphatic heterocycles. The van der Waals surface area contributed by atoms with Crippen molar-refractivity contribution in [3.63, 3.8) is 0 Å². The van der Waals surface area contributed by atoms with E-state index in [4.69, 9.17) is 0 Å². The highest BCUT2D eigenvalue weighted by Gasteiger charge is 2.12. The molecule has 4 nitrogen and oxygen atoms in total. The first-order chi connectivity index (χ1) is 12.6. The van der Waals surface area contributed by atoms with Gasteiger partial charge < -0.3 is 10.2 Å². The first kappa shape index (κ1) is 19.6. The molecular formula is C21H25FN2O2. The lowest BCUT2D eigenvalue weighted by atomic mass is 10.1. The van der Waals surface area contributed by atoms with Crippen molar-refractivity contribution in [3.8, 4) is 0 Å². The van der Waals surface area contributed by atoms with E-state index >= 15 is 0 Å². The van der Waals surface area contributed by atoms with Gasteiger partial charge in [0.1, 0.15) is 5.82 Å². The Morgan fingerprint density at radius 1 is 0.962 bits per heavy atom. The van der Waals surface area contributed by atoms with Crippen LogP contribution in [0.3, 0.4) is 0 Å². The second-order valence-corrected chi connectivity index (χ2v) is 6.18. The number of amides is 2. The smallest absolute Gasteiger partial charge is 0.221 e. The maximum Gasteiger partial charge on any atom is 0.221 e. The Morgan fingerprint density at radius 2 is 1.65 bits per heavy atom. The van der Waals surface area contributed by atoms with E-state index in [0.29, 0.717) is 31.6 Å². The Morgan fingerprint density at radius 3 is 2.35 bits per heavy atom. The molecule has 26 heavy (non-hydrogen) atoms. The number of rotatable bonds is 9. The van der Waals surface area contributed by atoms with Crippen molar-refractivity contribution < 1.29 is 14.0 Å². The van der Waals surface area contributed by atoms with Crippen molar-refractivity contribution in [2.75, 3.05) is 19.6 Å². The fraction of sp³-hybridized carbons (Fsp3) is 0.333. The van der Waals surface area contributed by atoms with Gasteiger partial charge in [0, 0.05) is 33.0 Å². The number of hydrogen-bond donors (Lipinski definition) is 1. The quantitative estimate of drug-likeness (QED) is 0.751. The van der Waals surface area contributed by atoms with Crippen molar-refractivity contribution in [2.45, 2.75) is 26.2 Å². The summed E-state index contributed by atoms with van der Waals surface area (Å²) in [5, 5.41) is 2.87. The molecule has 138 valence electrons. The second kappa shape index (κ2) is 10.3. The topological polar surface area (TPSA) is 49.4 Å². The standard InChI is InChI=1S/C21H25FN2O2/c1-17(25)24(15-12-19-9-5-6-10-20(19)22)16-13-21(26)23-14-11-18-7-3-2-4-8-18/h2-10H,11-16H2,1H3,(H,23,26). The molecule has 0 heterocycles. The average molecular weight is 356 g/mol. The summed E-state index contributed by atoms with van der Waals surface area (Å²) in [5.41, 5.74) is 1.74. The van der Waals surface area contributed by atoms with E-state index in [9.17, 15) is 14.0 Å². The summed E-state index contributed by atoms with van der Waals surface area (Å²) in [6.07, 6.45) is 1.45. The van der Waals surface area contributed by atoms with E-state index in [2.05, 4.69) is 5.32 Å². The SMILES string of the molecule is CC(=O)N(CCC(=O)NCCc1ccccc1)CCc1ccccc1F. The van der Waals surface area contributed by atoms with Crippen molar-refractivity contribution in [3.05, 3.63) is 71.5 Å². The highest BCUT2D eigenvalue weighted by Crippen LogP contribution is 2.08. The van der Waals surface area contributed by atoms with Crippen LogP contribution in [0.5, 0.6) is 0 Å². The number of halogens is 1. The fourth-order valence-corrected chi connectivity index (χ4v) is 2.70. The van der Waals surface area contributed by atoms with Gasteiger partial charge in [0.05, 0.1) is 0 Å². The normalized spacial score (nSPS) is 10.4. The van der Waals surface area contributed by atoms with E-state index in [1.165, 1.54) is 18.6 Å². The highest BCUT2D eigenvalue weighted by atomic mass is 19.1. The van der Waals surface area contributed by atoms with Gasteiger partial charge in [-0.3, -0.25) is 9.59 Å². The lowest BCUT2D eigenvalue weighted by Crippen LogP contribution is -2.35. The lowest BCUT2D eigenvalue weighted by molar-refractivity contribution is -0.129. The number of nitrogens with one attached hydrogen (secondary N) is 1. The summed E-state index contributed by atoms with van der Waals surface area (Å²) in [6.45, 7) is 2.77. The highest BCUT2D eigenvalue weighted by molar-refractivity contribution is 5.78. The molecule has 5 heteroatoms. The van der Waals surface area contributed by atoms with Crippen LogP contribution in [0.2, 0.25) is 0 Å². The molecule has 2 rings (SSSR count). The Bertz CT molecular complexity index is 719. The molecule has 0 radical (unpaired) electrons. The molecule has 1 N–H and O–H groups in total. The Hall–Kier alpha value is -2.69. The number of nitrogens with zero attached hydrogens (tertiary/aromatic N) is 1. The summed E-state index contributed by atoms with van der Waals surface area (Å²) in [5.74, 6) is -0.467. The minimum Gasteiger partial charge on any atom is -0.356 e. The van der Waals surface area contributed by atoms with Gasteiger partial charge in [-0.05, 0) is 30.0 Å². The van der Waals surface area contributed by atoms with Gasteiger partial charge in [0.2, 0.25) is 11.8 Å².